The summed E-state index contributed by atoms with van der Waals surface area (Å²) >= 11 is 0. The number of rotatable bonds is 3. The van der Waals surface area contributed by atoms with Crippen molar-refractivity contribution in [1.29, 1.82) is 0 Å². The summed E-state index contributed by atoms with van der Waals surface area (Å²) in [5, 5.41) is 0. The molecule has 0 heterocycles. The predicted octanol–water partition coefficient (Wildman–Crippen LogP) is 3.45. The van der Waals surface area contributed by atoms with Gasteiger partial charge in [0.15, 0.2) is 17.9 Å². The van der Waals surface area contributed by atoms with E-state index in [2.05, 4.69) is 0 Å². The highest BCUT2D eigenvalue weighted by Crippen LogP contribution is 2.27. The van der Waals surface area contributed by atoms with Crippen LogP contribution in [0.3, 0.4) is 0 Å². The van der Waals surface area contributed by atoms with Crippen molar-refractivity contribution < 1.29 is 18.3 Å². The number of carbonyl (C=O) groups excluding carboxylic acids is 1. The zero-order chi connectivity index (χ0) is 13.1. The van der Waals surface area contributed by atoms with Crippen LogP contribution in [-0.2, 0) is 0 Å². The lowest BCUT2D eigenvalue weighted by atomic mass is 10.00. The maximum Gasteiger partial charge on any atom is 0.159 e. The van der Waals surface area contributed by atoms with Crippen molar-refractivity contribution in [3.8, 4) is 16.9 Å². The van der Waals surface area contributed by atoms with E-state index in [9.17, 15) is 13.6 Å². The predicted molar refractivity (Wildman–Crippen MR) is 63.7 cm³/mol. The summed E-state index contributed by atoms with van der Waals surface area (Å²) in [5.41, 5.74) is 1.34. The van der Waals surface area contributed by atoms with Gasteiger partial charge in [-0.1, -0.05) is 6.07 Å². The monoisotopic (exact) mass is 248 g/mol. The lowest BCUT2D eigenvalue weighted by molar-refractivity contribution is 0.112. The Kier molecular flexibility index (Phi) is 3.37. The van der Waals surface area contributed by atoms with Crippen LogP contribution in [0.25, 0.3) is 11.1 Å². The van der Waals surface area contributed by atoms with Crippen molar-refractivity contribution in [1.82, 2.24) is 0 Å². The SMILES string of the molecule is COc1ccc(-c2ccc(F)c(F)c2)c(C=O)c1. The first-order valence-electron chi connectivity index (χ1n) is 5.24. The summed E-state index contributed by atoms with van der Waals surface area (Å²) in [4.78, 5) is 11.0. The first-order chi connectivity index (χ1) is 8.65. The average Bonchev–Trinajstić information content (AvgIpc) is 2.41. The van der Waals surface area contributed by atoms with Crippen molar-refractivity contribution in [3.05, 3.63) is 53.6 Å². The molecule has 0 spiro atoms. The Morgan fingerprint density at radius 3 is 2.44 bits per heavy atom. The number of aldehydes is 1. The molecule has 0 aliphatic carbocycles. The van der Waals surface area contributed by atoms with Crippen LogP contribution in [0, 0.1) is 11.6 Å². The van der Waals surface area contributed by atoms with Gasteiger partial charge in [-0.3, -0.25) is 4.79 Å². The molecule has 0 atom stereocenters. The van der Waals surface area contributed by atoms with E-state index in [1.54, 1.807) is 18.2 Å². The summed E-state index contributed by atoms with van der Waals surface area (Å²) in [6.45, 7) is 0. The van der Waals surface area contributed by atoms with Gasteiger partial charge in [0.1, 0.15) is 5.75 Å². The van der Waals surface area contributed by atoms with Crippen LogP contribution in [0.15, 0.2) is 36.4 Å². The van der Waals surface area contributed by atoms with E-state index in [1.165, 1.54) is 13.2 Å². The van der Waals surface area contributed by atoms with Gasteiger partial charge in [0.25, 0.3) is 0 Å². The molecule has 0 aliphatic heterocycles. The minimum atomic E-state index is -0.944. The average molecular weight is 248 g/mol. The van der Waals surface area contributed by atoms with Crippen LogP contribution in [0.5, 0.6) is 5.75 Å². The fourth-order valence-electron chi connectivity index (χ4n) is 1.69. The third-order valence-corrected chi connectivity index (χ3v) is 2.62. The Morgan fingerprint density at radius 1 is 1.06 bits per heavy atom. The number of benzene rings is 2. The molecule has 0 amide bonds. The highest BCUT2D eigenvalue weighted by atomic mass is 19.2. The molecular weight excluding hydrogens is 238 g/mol. The number of carbonyl (C=O) groups is 1. The third kappa shape index (κ3) is 2.22. The maximum absolute atomic E-state index is 13.2. The number of ether oxygens (including phenoxy) is 1. The molecule has 2 nitrogen and oxygen atoms in total. The van der Waals surface area contributed by atoms with Crippen molar-refractivity contribution in [2.24, 2.45) is 0 Å². The van der Waals surface area contributed by atoms with Gasteiger partial charge in [-0.25, -0.2) is 8.78 Å². The molecule has 18 heavy (non-hydrogen) atoms. The molecule has 2 aromatic rings. The molecule has 0 saturated carbocycles. The summed E-state index contributed by atoms with van der Waals surface area (Å²) in [7, 11) is 1.49. The van der Waals surface area contributed by atoms with E-state index < -0.39 is 11.6 Å². The molecule has 2 rings (SSSR count). The molecule has 0 bridgehead atoms. The van der Waals surface area contributed by atoms with E-state index in [4.69, 9.17) is 4.74 Å². The summed E-state index contributed by atoms with van der Waals surface area (Å²) in [5.74, 6) is -1.33. The highest BCUT2D eigenvalue weighted by Gasteiger charge is 2.09. The standard InChI is InChI=1S/C14H10F2O2/c1-18-11-3-4-12(10(6-11)8-17)9-2-5-13(15)14(16)7-9/h2-8H,1H3. The van der Waals surface area contributed by atoms with E-state index in [0.29, 0.717) is 28.7 Å². The van der Waals surface area contributed by atoms with E-state index in [-0.39, 0.29) is 0 Å². The highest BCUT2D eigenvalue weighted by molar-refractivity contribution is 5.88. The quantitative estimate of drug-likeness (QED) is 0.777. The molecule has 0 aliphatic rings. The molecule has 0 unspecified atom stereocenters. The Morgan fingerprint density at radius 2 is 1.83 bits per heavy atom. The van der Waals surface area contributed by atoms with Gasteiger partial charge in [-0.15, -0.1) is 0 Å². The maximum atomic E-state index is 13.2. The molecule has 92 valence electrons. The second kappa shape index (κ2) is 4.96. The second-order valence-corrected chi connectivity index (χ2v) is 3.70. The van der Waals surface area contributed by atoms with Crippen molar-refractivity contribution in [2.75, 3.05) is 7.11 Å². The van der Waals surface area contributed by atoms with E-state index in [1.807, 2.05) is 0 Å². The van der Waals surface area contributed by atoms with Crippen LogP contribution < -0.4 is 4.74 Å². The Balaban J connectivity index is 2.55. The zero-order valence-electron chi connectivity index (χ0n) is 9.61. The fraction of sp³-hybridized carbons (Fsp3) is 0.0714. The van der Waals surface area contributed by atoms with Gasteiger partial charge >= 0.3 is 0 Å². The van der Waals surface area contributed by atoms with Gasteiger partial charge in [-0.2, -0.15) is 0 Å². The number of hydrogen-bond acceptors (Lipinski definition) is 2. The van der Waals surface area contributed by atoms with Gasteiger partial charge < -0.3 is 4.74 Å². The first-order valence-corrected chi connectivity index (χ1v) is 5.24. The van der Waals surface area contributed by atoms with Gasteiger partial charge in [0.2, 0.25) is 0 Å². The van der Waals surface area contributed by atoms with Gasteiger partial charge in [-0.05, 0) is 41.5 Å². The Hall–Kier alpha value is -2.23. The van der Waals surface area contributed by atoms with E-state index in [0.717, 1.165) is 12.1 Å². The fourth-order valence-corrected chi connectivity index (χ4v) is 1.69. The van der Waals surface area contributed by atoms with Gasteiger partial charge in [0, 0.05) is 5.56 Å². The van der Waals surface area contributed by atoms with Crippen molar-refractivity contribution in [3.63, 3.8) is 0 Å². The van der Waals surface area contributed by atoms with Crippen LogP contribution in [0.2, 0.25) is 0 Å². The molecule has 0 radical (unpaired) electrons. The molecular formula is C14H10F2O2. The van der Waals surface area contributed by atoms with Crippen molar-refractivity contribution in [2.45, 2.75) is 0 Å². The molecule has 0 fully saturated rings. The van der Waals surface area contributed by atoms with Crippen LogP contribution in [-0.4, -0.2) is 13.4 Å². The molecule has 0 N–H and O–H groups in total. The van der Waals surface area contributed by atoms with Crippen molar-refractivity contribution >= 4 is 6.29 Å². The Bertz CT molecular complexity index is 594. The largest absolute Gasteiger partial charge is 0.497 e. The molecule has 0 saturated heterocycles. The van der Waals surface area contributed by atoms with Crippen LogP contribution in [0.1, 0.15) is 10.4 Å². The van der Waals surface area contributed by atoms with Crippen LogP contribution >= 0.6 is 0 Å². The second-order valence-electron chi connectivity index (χ2n) is 3.70. The Labute approximate surface area is 103 Å². The lowest BCUT2D eigenvalue weighted by Crippen LogP contribution is -1.92. The first kappa shape index (κ1) is 12.2. The molecule has 4 heteroatoms. The van der Waals surface area contributed by atoms with Crippen LogP contribution in [0.4, 0.5) is 8.78 Å². The molecule has 2 aromatic carbocycles. The number of methoxy groups -OCH3 is 1. The number of halogens is 2. The topological polar surface area (TPSA) is 26.3 Å². The normalized spacial score (nSPS) is 10.2. The minimum absolute atomic E-state index is 0.361. The summed E-state index contributed by atoms with van der Waals surface area (Å²) in [6.07, 6.45) is 0.652. The third-order valence-electron chi connectivity index (χ3n) is 2.62. The van der Waals surface area contributed by atoms with Gasteiger partial charge in [0.05, 0.1) is 7.11 Å². The number of hydrogen-bond donors (Lipinski definition) is 0. The zero-order valence-corrected chi connectivity index (χ0v) is 9.61. The minimum Gasteiger partial charge on any atom is -0.497 e. The summed E-state index contributed by atoms with van der Waals surface area (Å²) in [6, 6.07) is 8.35. The summed E-state index contributed by atoms with van der Waals surface area (Å²) < 4.78 is 31.0. The molecule has 0 aromatic heterocycles. The van der Waals surface area contributed by atoms with E-state index >= 15 is 0 Å². The smallest absolute Gasteiger partial charge is 0.159 e. The lowest BCUT2D eigenvalue weighted by Gasteiger charge is -2.07.